The van der Waals surface area contributed by atoms with Crippen molar-refractivity contribution in [1.82, 2.24) is 20.2 Å². The van der Waals surface area contributed by atoms with Crippen LogP contribution in [0.15, 0.2) is 37.4 Å². The molecule has 0 fully saturated rings. The number of aryl methyl sites for hydroxylation is 3. The number of anilines is 1. The normalized spacial score (nSPS) is 10.8. The molecule has 0 aliphatic heterocycles. The average Bonchev–Trinajstić information content (AvgIpc) is 3.07. The highest BCUT2D eigenvalue weighted by molar-refractivity contribution is 7.99. The summed E-state index contributed by atoms with van der Waals surface area (Å²) in [6.45, 7) is 5.61. The molecule has 3 aromatic rings. The molecule has 0 saturated carbocycles. The molecule has 0 aliphatic carbocycles. The summed E-state index contributed by atoms with van der Waals surface area (Å²) >= 11 is 1.10. The highest BCUT2D eigenvalue weighted by atomic mass is 32.2. The lowest BCUT2D eigenvalue weighted by Gasteiger charge is -2.06. The predicted octanol–water partition coefficient (Wildman–Crippen LogP) is 1.69. The van der Waals surface area contributed by atoms with E-state index < -0.39 is 11.2 Å². The number of rotatable bonds is 6. The zero-order valence-corrected chi connectivity index (χ0v) is 16.4. The maximum absolute atomic E-state index is 12.1. The van der Waals surface area contributed by atoms with Crippen molar-refractivity contribution in [2.45, 2.75) is 32.4 Å². The smallest absolute Gasteiger partial charge is 0.325 e. The molecule has 0 aliphatic rings. The molecule has 0 saturated heterocycles. The maximum Gasteiger partial charge on any atom is 0.325 e. The van der Waals surface area contributed by atoms with E-state index in [-0.39, 0.29) is 29.2 Å². The van der Waals surface area contributed by atoms with Crippen molar-refractivity contribution in [3.8, 4) is 0 Å². The minimum Gasteiger partial charge on any atom is -0.416 e. The van der Waals surface area contributed by atoms with Crippen LogP contribution in [-0.2, 0) is 11.2 Å². The number of aromatic amines is 2. The Labute approximate surface area is 164 Å². The number of aromatic nitrogens is 4. The van der Waals surface area contributed by atoms with Crippen molar-refractivity contribution in [2.24, 2.45) is 0 Å². The lowest BCUT2D eigenvalue weighted by molar-refractivity contribution is -0.113. The molecular formula is C18H19N5O4S. The van der Waals surface area contributed by atoms with Crippen LogP contribution in [0, 0.1) is 20.8 Å². The number of nitrogens with one attached hydrogen (secondary N) is 3. The second-order valence-electron chi connectivity index (χ2n) is 6.29. The van der Waals surface area contributed by atoms with Gasteiger partial charge in [-0.25, -0.2) is 4.79 Å². The molecule has 1 aromatic carbocycles. The summed E-state index contributed by atoms with van der Waals surface area (Å²) in [7, 11) is 0. The van der Waals surface area contributed by atoms with Gasteiger partial charge in [-0.05, 0) is 44.0 Å². The standard InChI is InChI=1S/C18H19N5O4S/c1-9-4-5-12(6-10(9)2)20-14(24)8-28-18-23-22-15(27-18)7-13-11(3)19-17(26)21-16(13)25/h4-6H,7-8H2,1-3H3,(H,20,24)(H2,19,21,25,26). The number of thioether (sulfide) groups is 1. The molecule has 28 heavy (non-hydrogen) atoms. The molecule has 2 heterocycles. The van der Waals surface area contributed by atoms with Gasteiger partial charge in [0.1, 0.15) is 0 Å². The van der Waals surface area contributed by atoms with Gasteiger partial charge in [0.25, 0.3) is 10.8 Å². The SMILES string of the molecule is Cc1ccc(NC(=O)CSc2nnc(Cc3c(C)[nH]c(=O)[nH]c3=O)o2)cc1C. The third kappa shape index (κ3) is 4.77. The molecule has 3 N–H and O–H groups in total. The van der Waals surface area contributed by atoms with Crippen LogP contribution in [-0.4, -0.2) is 31.8 Å². The molecule has 10 heteroatoms. The van der Waals surface area contributed by atoms with Crippen LogP contribution < -0.4 is 16.6 Å². The molecule has 1 amide bonds. The summed E-state index contributed by atoms with van der Waals surface area (Å²) in [5, 5.41) is 10.8. The monoisotopic (exact) mass is 401 g/mol. The van der Waals surface area contributed by atoms with Gasteiger partial charge in [0.15, 0.2) is 0 Å². The van der Waals surface area contributed by atoms with E-state index in [0.29, 0.717) is 11.3 Å². The number of hydrogen-bond acceptors (Lipinski definition) is 7. The van der Waals surface area contributed by atoms with Gasteiger partial charge in [0, 0.05) is 16.9 Å². The highest BCUT2D eigenvalue weighted by Gasteiger charge is 2.14. The Kier molecular flexibility index (Phi) is 5.78. The fraction of sp³-hybridized carbons (Fsp3) is 0.278. The number of carbonyl (C=O) groups excluding carboxylic acids is 1. The van der Waals surface area contributed by atoms with E-state index in [1.807, 2.05) is 32.0 Å². The van der Waals surface area contributed by atoms with Crippen LogP contribution in [0.2, 0.25) is 0 Å². The number of benzene rings is 1. The van der Waals surface area contributed by atoms with Crippen LogP contribution in [0.1, 0.15) is 28.3 Å². The fourth-order valence-electron chi connectivity index (χ4n) is 2.50. The van der Waals surface area contributed by atoms with Gasteiger partial charge in [0.2, 0.25) is 11.8 Å². The van der Waals surface area contributed by atoms with E-state index in [1.165, 1.54) is 0 Å². The van der Waals surface area contributed by atoms with Gasteiger partial charge in [-0.1, -0.05) is 17.8 Å². The van der Waals surface area contributed by atoms with Crippen LogP contribution in [0.5, 0.6) is 0 Å². The van der Waals surface area contributed by atoms with Gasteiger partial charge < -0.3 is 14.7 Å². The summed E-state index contributed by atoms with van der Waals surface area (Å²) in [5.41, 5.74) is 2.69. The Balaban J connectivity index is 1.59. The molecule has 0 unspecified atom stereocenters. The summed E-state index contributed by atoms with van der Waals surface area (Å²) < 4.78 is 5.48. The summed E-state index contributed by atoms with van der Waals surface area (Å²) in [5.74, 6) is 0.131. The minimum absolute atomic E-state index is 0.0837. The second kappa shape index (κ2) is 8.26. The van der Waals surface area contributed by atoms with E-state index in [1.54, 1.807) is 6.92 Å². The molecule has 2 aromatic heterocycles. The van der Waals surface area contributed by atoms with Crippen molar-refractivity contribution in [1.29, 1.82) is 0 Å². The Morgan fingerprint density at radius 1 is 1.14 bits per heavy atom. The first-order valence-electron chi connectivity index (χ1n) is 8.46. The molecular weight excluding hydrogens is 382 g/mol. The van der Waals surface area contributed by atoms with Crippen molar-refractivity contribution < 1.29 is 9.21 Å². The Bertz CT molecular complexity index is 1130. The Morgan fingerprint density at radius 3 is 2.64 bits per heavy atom. The molecule has 0 radical (unpaired) electrons. The number of carbonyl (C=O) groups is 1. The fourth-order valence-corrected chi connectivity index (χ4v) is 3.08. The third-order valence-electron chi connectivity index (χ3n) is 4.15. The summed E-state index contributed by atoms with van der Waals surface area (Å²) in [6, 6.07) is 5.70. The lowest BCUT2D eigenvalue weighted by atomic mass is 10.1. The van der Waals surface area contributed by atoms with Crippen LogP contribution in [0.3, 0.4) is 0 Å². The highest BCUT2D eigenvalue weighted by Crippen LogP contribution is 2.19. The van der Waals surface area contributed by atoms with Crippen LogP contribution in [0.4, 0.5) is 5.69 Å². The quantitative estimate of drug-likeness (QED) is 0.535. The molecule has 0 bridgehead atoms. The minimum atomic E-state index is -0.567. The van der Waals surface area contributed by atoms with Crippen LogP contribution >= 0.6 is 11.8 Å². The lowest BCUT2D eigenvalue weighted by Crippen LogP contribution is -2.27. The van der Waals surface area contributed by atoms with Gasteiger partial charge in [0.05, 0.1) is 12.2 Å². The van der Waals surface area contributed by atoms with Crippen molar-refractivity contribution >= 4 is 23.4 Å². The van der Waals surface area contributed by atoms with E-state index in [4.69, 9.17) is 4.42 Å². The zero-order valence-electron chi connectivity index (χ0n) is 15.6. The number of H-pyrrole nitrogens is 2. The molecule has 3 rings (SSSR count). The van der Waals surface area contributed by atoms with E-state index in [9.17, 15) is 14.4 Å². The van der Waals surface area contributed by atoms with E-state index >= 15 is 0 Å². The van der Waals surface area contributed by atoms with Gasteiger partial charge in [-0.15, -0.1) is 10.2 Å². The molecule has 0 atom stereocenters. The van der Waals surface area contributed by atoms with E-state index in [0.717, 1.165) is 28.6 Å². The Morgan fingerprint density at radius 2 is 1.93 bits per heavy atom. The average molecular weight is 401 g/mol. The predicted molar refractivity (Wildman–Crippen MR) is 105 cm³/mol. The van der Waals surface area contributed by atoms with Gasteiger partial charge >= 0.3 is 5.69 Å². The molecule has 0 spiro atoms. The topological polar surface area (TPSA) is 134 Å². The Hall–Kier alpha value is -3.14. The molecule has 146 valence electrons. The van der Waals surface area contributed by atoms with Crippen molar-refractivity contribution in [3.05, 3.63) is 67.3 Å². The van der Waals surface area contributed by atoms with Crippen LogP contribution in [0.25, 0.3) is 0 Å². The third-order valence-corrected chi connectivity index (χ3v) is 4.97. The van der Waals surface area contributed by atoms with Gasteiger partial charge in [-0.3, -0.25) is 14.6 Å². The first kappa shape index (κ1) is 19.6. The maximum atomic E-state index is 12.1. The first-order valence-corrected chi connectivity index (χ1v) is 9.44. The van der Waals surface area contributed by atoms with Gasteiger partial charge in [-0.2, -0.15) is 0 Å². The second-order valence-corrected chi connectivity index (χ2v) is 7.21. The largest absolute Gasteiger partial charge is 0.416 e. The van der Waals surface area contributed by atoms with Crippen molar-refractivity contribution in [2.75, 3.05) is 11.1 Å². The number of hydrogen-bond donors (Lipinski definition) is 3. The molecule has 9 nitrogen and oxygen atoms in total. The first-order chi connectivity index (χ1) is 13.3. The summed E-state index contributed by atoms with van der Waals surface area (Å²) in [6.07, 6.45) is 0.0837. The number of amides is 1. The number of nitrogens with zero attached hydrogens (tertiary/aromatic N) is 2. The van der Waals surface area contributed by atoms with Crippen molar-refractivity contribution in [3.63, 3.8) is 0 Å². The summed E-state index contributed by atoms with van der Waals surface area (Å²) in [4.78, 5) is 39.9. The van der Waals surface area contributed by atoms with E-state index in [2.05, 4.69) is 25.5 Å². The zero-order chi connectivity index (χ0) is 20.3.